The molecule has 5 heteroatoms. The fourth-order valence-corrected chi connectivity index (χ4v) is 3.73. The van der Waals surface area contributed by atoms with Crippen molar-refractivity contribution in [3.8, 4) is 11.5 Å². The number of benzene rings is 3. The van der Waals surface area contributed by atoms with Crippen molar-refractivity contribution in [2.45, 2.75) is 19.6 Å². The summed E-state index contributed by atoms with van der Waals surface area (Å²) >= 11 is 0. The summed E-state index contributed by atoms with van der Waals surface area (Å²) in [5.74, 6) is 1.50. The Morgan fingerprint density at radius 2 is 1.79 bits per heavy atom. The van der Waals surface area contributed by atoms with Crippen molar-refractivity contribution >= 4 is 11.6 Å². The zero-order valence-corrected chi connectivity index (χ0v) is 15.5. The van der Waals surface area contributed by atoms with Gasteiger partial charge in [0.05, 0.1) is 0 Å². The standard InChI is InChI=1S/C23H20N2O3/c1-15-6-9-17(10-7-15)24-22-18-4-2-3-5-19(18)23(26)25(22)13-16-8-11-20-21(12-16)28-14-27-20/h2-12,22,24H,13-14H2,1H3. The first-order valence-corrected chi connectivity index (χ1v) is 9.31. The van der Waals surface area contributed by atoms with Gasteiger partial charge in [-0.05, 0) is 42.8 Å². The predicted octanol–water partition coefficient (Wildman–Crippen LogP) is 4.49. The van der Waals surface area contributed by atoms with Gasteiger partial charge in [0, 0.05) is 23.4 Å². The molecule has 2 aliphatic rings. The van der Waals surface area contributed by atoms with Gasteiger partial charge in [0.15, 0.2) is 11.5 Å². The molecule has 2 aliphatic heterocycles. The Labute approximate surface area is 163 Å². The van der Waals surface area contributed by atoms with Gasteiger partial charge in [0.25, 0.3) is 5.91 Å². The number of anilines is 1. The Bertz CT molecular complexity index is 1050. The van der Waals surface area contributed by atoms with E-state index in [1.54, 1.807) is 0 Å². The summed E-state index contributed by atoms with van der Waals surface area (Å²) in [6.45, 7) is 2.78. The van der Waals surface area contributed by atoms with E-state index in [4.69, 9.17) is 9.47 Å². The van der Waals surface area contributed by atoms with Gasteiger partial charge in [-0.1, -0.05) is 42.0 Å². The van der Waals surface area contributed by atoms with E-state index in [2.05, 4.69) is 24.4 Å². The topological polar surface area (TPSA) is 50.8 Å². The molecule has 0 radical (unpaired) electrons. The molecule has 1 atom stereocenters. The number of fused-ring (bicyclic) bond motifs is 2. The van der Waals surface area contributed by atoms with Crippen molar-refractivity contribution in [3.63, 3.8) is 0 Å². The van der Waals surface area contributed by atoms with E-state index >= 15 is 0 Å². The molecule has 1 N–H and O–H groups in total. The molecular formula is C23H20N2O3. The zero-order chi connectivity index (χ0) is 19.1. The van der Waals surface area contributed by atoms with Crippen LogP contribution in [0, 0.1) is 6.92 Å². The second-order valence-electron chi connectivity index (χ2n) is 7.12. The first-order chi connectivity index (χ1) is 13.7. The van der Waals surface area contributed by atoms with E-state index in [0.29, 0.717) is 6.54 Å². The maximum absolute atomic E-state index is 13.1. The average molecular weight is 372 g/mol. The van der Waals surface area contributed by atoms with Gasteiger partial charge >= 0.3 is 0 Å². The molecule has 3 aromatic carbocycles. The highest BCUT2D eigenvalue weighted by Gasteiger charge is 2.36. The van der Waals surface area contributed by atoms with Crippen molar-refractivity contribution in [2.75, 3.05) is 12.1 Å². The Hall–Kier alpha value is -3.47. The first kappa shape index (κ1) is 16.7. The lowest BCUT2D eigenvalue weighted by atomic mass is 10.1. The van der Waals surface area contributed by atoms with Gasteiger partial charge < -0.3 is 19.7 Å². The van der Waals surface area contributed by atoms with E-state index in [0.717, 1.165) is 33.9 Å². The minimum absolute atomic E-state index is 0.0258. The normalized spacial score (nSPS) is 17.0. The zero-order valence-electron chi connectivity index (χ0n) is 15.5. The average Bonchev–Trinajstić information content (AvgIpc) is 3.28. The number of nitrogens with zero attached hydrogens (tertiary/aromatic N) is 1. The SMILES string of the molecule is Cc1ccc(NC2c3ccccc3C(=O)N2Cc2ccc3c(c2)OCO3)cc1. The maximum Gasteiger partial charge on any atom is 0.256 e. The van der Waals surface area contributed by atoms with E-state index in [1.165, 1.54) is 5.56 Å². The largest absolute Gasteiger partial charge is 0.454 e. The predicted molar refractivity (Wildman–Crippen MR) is 106 cm³/mol. The van der Waals surface area contributed by atoms with Gasteiger partial charge in [-0.25, -0.2) is 0 Å². The molecule has 5 nitrogen and oxygen atoms in total. The van der Waals surface area contributed by atoms with Crippen molar-refractivity contribution in [2.24, 2.45) is 0 Å². The second-order valence-corrected chi connectivity index (χ2v) is 7.12. The van der Waals surface area contributed by atoms with Crippen LogP contribution in [0.5, 0.6) is 11.5 Å². The number of nitrogens with one attached hydrogen (secondary N) is 1. The Morgan fingerprint density at radius 3 is 2.64 bits per heavy atom. The summed E-state index contributed by atoms with van der Waals surface area (Å²) in [4.78, 5) is 15.0. The highest BCUT2D eigenvalue weighted by molar-refractivity contribution is 5.99. The Morgan fingerprint density at radius 1 is 1.00 bits per heavy atom. The fraction of sp³-hybridized carbons (Fsp3) is 0.174. The highest BCUT2D eigenvalue weighted by atomic mass is 16.7. The molecular weight excluding hydrogens is 352 g/mol. The number of hydrogen-bond donors (Lipinski definition) is 1. The number of hydrogen-bond acceptors (Lipinski definition) is 4. The van der Waals surface area contributed by atoms with Crippen LogP contribution < -0.4 is 14.8 Å². The van der Waals surface area contributed by atoms with Gasteiger partial charge in [-0.15, -0.1) is 0 Å². The summed E-state index contributed by atoms with van der Waals surface area (Å²) in [6, 6.07) is 21.8. The number of carbonyl (C=O) groups excluding carboxylic acids is 1. The van der Waals surface area contributed by atoms with Crippen LogP contribution in [-0.2, 0) is 6.54 Å². The van der Waals surface area contributed by atoms with Crippen LogP contribution in [0.4, 0.5) is 5.69 Å². The van der Waals surface area contributed by atoms with Crippen LogP contribution in [0.1, 0.15) is 33.2 Å². The Balaban J connectivity index is 1.47. The van der Waals surface area contributed by atoms with Crippen LogP contribution in [-0.4, -0.2) is 17.6 Å². The number of rotatable bonds is 4. The highest BCUT2D eigenvalue weighted by Crippen LogP contribution is 2.37. The van der Waals surface area contributed by atoms with Crippen LogP contribution >= 0.6 is 0 Å². The monoisotopic (exact) mass is 372 g/mol. The number of carbonyl (C=O) groups is 1. The summed E-state index contributed by atoms with van der Waals surface area (Å²) in [6.07, 6.45) is -0.225. The quantitative estimate of drug-likeness (QED) is 0.733. The lowest BCUT2D eigenvalue weighted by Crippen LogP contribution is -2.31. The molecule has 140 valence electrons. The van der Waals surface area contributed by atoms with Gasteiger partial charge in [-0.2, -0.15) is 0 Å². The van der Waals surface area contributed by atoms with Crippen molar-refractivity contribution in [1.29, 1.82) is 0 Å². The van der Waals surface area contributed by atoms with E-state index in [-0.39, 0.29) is 18.9 Å². The maximum atomic E-state index is 13.1. The molecule has 0 fully saturated rings. The first-order valence-electron chi connectivity index (χ1n) is 9.31. The molecule has 1 amide bonds. The summed E-state index contributed by atoms with van der Waals surface area (Å²) in [7, 11) is 0. The minimum Gasteiger partial charge on any atom is -0.454 e. The third-order valence-corrected chi connectivity index (χ3v) is 5.20. The van der Waals surface area contributed by atoms with Crippen molar-refractivity contribution < 1.29 is 14.3 Å². The number of amides is 1. The molecule has 2 heterocycles. The van der Waals surface area contributed by atoms with E-state index in [9.17, 15) is 4.79 Å². The lowest BCUT2D eigenvalue weighted by Gasteiger charge is -2.27. The molecule has 0 bridgehead atoms. The molecule has 0 saturated carbocycles. The van der Waals surface area contributed by atoms with Crippen LogP contribution in [0.3, 0.4) is 0 Å². The molecule has 0 aliphatic carbocycles. The number of ether oxygens (including phenoxy) is 2. The lowest BCUT2D eigenvalue weighted by molar-refractivity contribution is 0.0728. The van der Waals surface area contributed by atoms with E-state index in [1.807, 2.05) is 59.5 Å². The molecule has 3 aromatic rings. The summed E-state index contributed by atoms with van der Waals surface area (Å²) < 4.78 is 10.9. The van der Waals surface area contributed by atoms with Gasteiger partial charge in [0.1, 0.15) is 6.17 Å². The van der Waals surface area contributed by atoms with Crippen molar-refractivity contribution in [1.82, 2.24) is 4.90 Å². The van der Waals surface area contributed by atoms with E-state index < -0.39 is 0 Å². The second kappa shape index (κ2) is 6.60. The third kappa shape index (κ3) is 2.85. The molecule has 5 rings (SSSR count). The van der Waals surface area contributed by atoms with Crippen molar-refractivity contribution in [3.05, 3.63) is 89.0 Å². The van der Waals surface area contributed by atoms with Gasteiger partial charge in [-0.3, -0.25) is 4.79 Å². The van der Waals surface area contributed by atoms with Crippen LogP contribution in [0.2, 0.25) is 0 Å². The molecule has 0 saturated heterocycles. The third-order valence-electron chi connectivity index (χ3n) is 5.20. The molecule has 0 aromatic heterocycles. The molecule has 28 heavy (non-hydrogen) atoms. The molecule has 0 spiro atoms. The number of aryl methyl sites for hydroxylation is 1. The van der Waals surface area contributed by atoms with Crippen LogP contribution in [0.15, 0.2) is 66.7 Å². The Kier molecular flexibility index (Phi) is 3.93. The van der Waals surface area contributed by atoms with Crippen LogP contribution in [0.25, 0.3) is 0 Å². The smallest absolute Gasteiger partial charge is 0.256 e. The minimum atomic E-state index is -0.225. The molecule has 1 unspecified atom stereocenters. The summed E-state index contributed by atoms with van der Waals surface area (Å²) in [5, 5.41) is 3.53. The van der Waals surface area contributed by atoms with Gasteiger partial charge in [0.2, 0.25) is 6.79 Å². The summed E-state index contributed by atoms with van der Waals surface area (Å²) in [5.41, 5.74) is 4.92. The fourth-order valence-electron chi connectivity index (χ4n) is 3.73.